The second kappa shape index (κ2) is 5.90. The number of alkyl halides is 3. The molecule has 0 spiro atoms. The van der Waals surface area contributed by atoms with E-state index in [2.05, 4.69) is 0 Å². The van der Waals surface area contributed by atoms with Crippen molar-refractivity contribution in [1.29, 1.82) is 0 Å². The van der Waals surface area contributed by atoms with Gasteiger partial charge in [0.05, 0.1) is 0 Å². The predicted molar refractivity (Wildman–Crippen MR) is 87.6 cm³/mol. The van der Waals surface area contributed by atoms with Crippen molar-refractivity contribution in [3.8, 4) is 0 Å². The zero-order chi connectivity index (χ0) is 16.9. The number of hydrogen-bond donors (Lipinski definition) is 1. The summed E-state index contributed by atoms with van der Waals surface area (Å²) < 4.78 is 39.3. The minimum atomic E-state index is -4.78. The average Bonchev–Trinajstić information content (AvgIpc) is 2.40. The van der Waals surface area contributed by atoms with Crippen molar-refractivity contribution in [3.05, 3.63) is 11.6 Å². The molecule has 23 heavy (non-hydrogen) atoms. The van der Waals surface area contributed by atoms with Crippen molar-refractivity contribution < 1.29 is 23.1 Å². The minimum absolute atomic E-state index is 0.0544. The summed E-state index contributed by atoms with van der Waals surface area (Å²) >= 11 is 3.63. The van der Waals surface area contributed by atoms with Gasteiger partial charge in [0, 0.05) is 9.83 Å². The summed E-state index contributed by atoms with van der Waals surface area (Å²) in [5.41, 5.74) is -1.94. The Labute approximate surface area is 142 Å². The lowest BCUT2D eigenvalue weighted by Crippen LogP contribution is -2.53. The van der Waals surface area contributed by atoms with Gasteiger partial charge in [-0.05, 0) is 62.0 Å². The molecule has 2 nitrogen and oxygen atoms in total. The van der Waals surface area contributed by atoms with Crippen LogP contribution in [0.3, 0.4) is 0 Å². The smallest absolute Gasteiger partial charge is 0.423 e. The molecule has 0 amide bonds. The highest BCUT2D eigenvalue weighted by molar-refractivity contribution is 8.16. The molecule has 0 saturated heterocycles. The van der Waals surface area contributed by atoms with E-state index in [0.29, 0.717) is 18.3 Å². The molecule has 4 saturated carbocycles. The van der Waals surface area contributed by atoms with E-state index < -0.39 is 23.1 Å². The third-order valence-electron chi connectivity index (χ3n) is 5.52. The monoisotopic (exact) mass is 366 g/mol. The van der Waals surface area contributed by atoms with Gasteiger partial charge in [0.2, 0.25) is 0 Å². The van der Waals surface area contributed by atoms with E-state index in [9.17, 15) is 18.0 Å². The maximum atomic E-state index is 13.1. The van der Waals surface area contributed by atoms with Gasteiger partial charge in [-0.25, -0.2) is 4.79 Å². The minimum Gasteiger partial charge on any atom is -0.478 e. The molecule has 4 fully saturated rings. The first kappa shape index (κ1) is 17.5. The number of carbonyl (C=O) groups is 1. The summed E-state index contributed by atoms with van der Waals surface area (Å²) in [5.74, 6) is -0.950. The van der Waals surface area contributed by atoms with E-state index in [1.807, 2.05) is 18.0 Å². The fraction of sp³-hybridized carbons (Fsp3) is 0.812. The number of thioether (sulfide) groups is 2. The van der Waals surface area contributed by atoms with Crippen LogP contribution < -0.4 is 0 Å². The normalized spacial score (nSPS) is 39.7. The molecule has 0 aromatic carbocycles. The predicted octanol–water partition coefficient (Wildman–Crippen LogP) is 4.95. The van der Waals surface area contributed by atoms with Gasteiger partial charge in [0.15, 0.2) is 0 Å². The van der Waals surface area contributed by atoms with E-state index in [1.54, 1.807) is 11.8 Å². The standard InChI is InChI=1S/C16H21F3O2S2/c1-22-9-23-15-5-10-2-11(6-15)4-14(3-10,8-15)7-12(13(20)21)16(17,18)19/h7,10-11H,2-6,8-9H2,1H3,(H,20,21). The largest absolute Gasteiger partial charge is 0.478 e. The quantitative estimate of drug-likeness (QED) is 0.552. The van der Waals surface area contributed by atoms with Crippen LogP contribution in [0.2, 0.25) is 0 Å². The van der Waals surface area contributed by atoms with E-state index in [-0.39, 0.29) is 4.75 Å². The lowest BCUT2D eigenvalue weighted by Gasteiger charge is -2.61. The number of hydrogen-bond acceptors (Lipinski definition) is 3. The van der Waals surface area contributed by atoms with Crippen molar-refractivity contribution in [3.63, 3.8) is 0 Å². The molecule has 0 aromatic heterocycles. The van der Waals surface area contributed by atoms with Crippen molar-refractivity contribution >= 4 is 29.5 Å². The van der Waals surface area contributed by atoms with Crippen LogP contribution in [-0.4, -0.2) is 33.3 Å². The van der Waals surface area contributed by atoms with E-state index >= 15 is 0 Å². The van der Waals surface area contributed by atoms with Crippen molar-refractivity contribution in [2.75, 3.05) is 11.3 Å². The third-order valence-corrected chi connectivity index (χ3v) is 8.03. The van der Waals surface area contributed by atoms with Crippen LogP contribution >= 0.6 is 23.5 Å². The summed E-state index contributed by atoms with van der Waals surface area (Å²) in [6.45, 7) is 0. The second-order valence-electron chi connectivity index (χ2n) is 7.42. The summed E-state index contributed by atoms with van der Waals surface area (Å²) in [5, 5.41) is 9.97. The zero-order valence-electron chi connectivity index (χ0n) is 13.0. The molecule has 7 heteroatoms. The number of allylic oxidation sites excluding steroid dienone is 1. The first-order valence-corrected chi connectivity index (χ1v) is 10.2. The Hall–Kier alpha value is -0.300. The zero-order valence-corrected chi connectivity index (χ0v) is 14.6. The van der Waals surface area contributed by atoms with Gasteiger partial charge >= 0.3 is 12.1 Å². The van der Waals surface area contributed by atoms with Gasteiger partial charge in [-0.1, -0.05) is 6.08 Å². The van der Waals surface area contributed by atoms with E-state index in [1.165, 1.54) is 0 Å². The van der Waals surface area contributed by atoms with Crippen LogP contribution in [0.15, 0.2) is 11.6 Å². The molecule has 0 radical (unpaired) electrons. The fourth-order valence-corrected chi connectivity index (χ4v) is 7.91. The molecule has 0 heterocycles. The second-order valence-corrected chi connectivity index (χ2v) is 10.1. The van der Waals surface area contributed by atoms with Gasteiger partial charge < -0.3 is 5.11 Å². The molecule has 4 rings (SSSR count). The summed E-state index contributed by atoms with van der Waals surface area (Å²) in [4.78, 5) is 11.1. The maximum Gasteiger partial charge on any atom is 0.423 e. The molecule has 0 aliphatic heterocycles. The molecule has 4 aliphatic carbocycles. The Bertz CT molecular complexity index is 516. The van der Waals surface area contributed by atoms with Gasteiger partial charge in [0.1, 0.15) is 5.57 Å². The first-order chi connectivity index (χ1) is 10.7. The molecule has 1 N–H and O–H groups in total. The van der Waals surface area contributed by atoms with Crippen LogP contribution in [0.4, 0.5) is 13.2 Å². The summed E-state index contributed by atoms with van der Waals surface area (Å²) in [7, 11) is 0. The van der Waals surface area contributed by atoms with Gasteiger partial charge in [-0.2, -0.15) is 24.9 Å². The SMILES string of the molecule is CSCSC12CC3CC(CC(C=C(C(=O)O)C(F)(F)F)(C3)C1)C2. The summed E-state index contributed by atoms with van der Waals surface area (Å²) in [6, 6.07) is 0. The highest BCUT2D eigenvalue weighted by atomic mass is 32.2. The molecule has 2 atom stereocenters. The Morgan fingerprint density at radius 1 is 1.26 bits per heavy atom. The van der Waals surface area contributed by atoms with Crippen LogP contribution in [0.25, 0.3) is 0 Å². The molecule has 0 aromatic rings. The Balaban J connectivity index is 1.93. The van der Waals surface area contributed by atoms with Crippen LogP contribution in [0, 0.1) is 17.3 Å². The van der Waals surface area contributed by atoms with E-state index in [4.69, 9.17) is 5.11 Å². The first-order valence-electron chi connectivity index (χ1n) is 7.83. The molecular formula is C16H21F3O2S2. The maximum absolute atomic E-state index is 13.1. The van der Waals surface area contributed by atoms with Crippen molar-refractivity contribution in [2.45, 2.75) is 49.4 Å². The molecule has 130 valence electrons. The number of halogens is 3. The lowest BCUT2D eigenvalue weighted by atomic mass is 9.49. The van der Waals surface area contributed by atoms with E-state index in [0.717, 1.165) is 43.3 Å². The Kier molecular flexibility index (Phi) is 4.49. The van der Waals surface area contributed by atoms with Crippen LogP contribution in [0.1, 0.15) is 38.5 Å². The van der Waals surface area contributed by atoms with Gasteiger partial charge in [-0.3, -0.25) is 0 Å². The Morgan fingerprint density at radius 2 is 1.87 bits per heavy atom. The highest BCUT2D eigenvalue weighted by Gasteiger charge is 2.58. The van der Waals surface area contributed by atoms with Crippen LogP contribution in [0.5, 0.6) is 0 Å². The Morgan fingerprint density at radius 3 is 2.35 bits per heavy atom. The fourth-order valence-electron chi connectivity index (χ4n) is 5.34. The average molecular weight is 366 g/mol. The molecular weight excluding hydrogens is 345 g/mol. The third kappa shape index (κ3) is 3.41. The molecule has 4 aliphatic rings. The number of carboxylic acid groups (broad SMARTS) is 1. The van der Waals surface area contributed by atoms with Crippen molar-refractivity contribution in [1.82, 2.24) is 0 Å². The van der Waals surface area contributed by atoms with Gasteiger partial charge in [-0.15, -0.1) is 11.8 Å². The number of aliphatic carboxylic acids is 1. The highest BCUT2D eigenvalue weighted by Crippen LogP contribution is 2.66. The molecule has 2 unspecified atom stereocenters. The van der Waals surface area contributed by atoms with Crippen LogP contribution in [-0.2, 0) is 4.79 Å². The lowest BCUT2D eigenvalue weighted by molar-refractivity contribution is -0.145. The van der Waals surface area contributed by atoms with Gasteiger partial charge in [0.25, 0.3) is 0 Å². The summed E-state index contributed by atoms with van der Waals surface area (Å²) in [6.07, 6.45) is 3.75. The number of rotatable bonds is 5. The molecule has 4 bridgehead atoms. The number of carboxylic acids is 1. The van der Waals surface area contributed by atoms with Crippen molar-refractivity contribution in [2.24, 2.45) is 17.3 Å². The topological polar surface area (TPSA) is 37.3 Å².